The van der Waals surface area contributed by atoms with Crippen molar-refractivity contribution < 1.29 is 9.53 Å². The smallest absolute Gasteiger partial charge is 0.230 e. The van der Waals surface area contributed by atoms with Gasteiger partial charge in [0.1, 0.15) is 10.1 Å². The van der Waals surface area contributed by atoms with Crippen LogP contribution in [0.4, 0.5) is 5.69 Å². The minimum absolute atomic E-state index is 0.0841. The minimum atomic E-state index is -0.0841. The molecule has 1 aromatic heterocycles. The van der Waals surface area contributed by atoms with Crippen LogP contribution in [0, 0.1) is 6.92 Å². The monoisotopic (exact) mass is 418 g/mol. The summed E-state index contributed by atoms with van der Waals surface area (Å²) in [4.78, 5) is 16.8. The molecule has 0 spiro atoms. The Kier molecular flexibility index (Phi) is 6.77. The Labute approximate surface area is 171 Å². The van der Waals surface area contributed by atoms with Gasteiger partial charge in [-0.3, -0.25) is 4.79 Å². The van der Waals surface area contributed by atoms with Crippen LogP contribution in [-0.4, -0.2) is 18.0 Å². The molecular weight excluding hydrogens is 400 g/mol. The summed E-state index contributed by atoms with van der Waals surface area (Å²) in [6, 6.07) is 13.4. The number of halogens is 1. The fourth-order valence-corrected chi connectivity index (χ4v) is 4.41. The maximum absolute atomic E-state index is 12.3. The first-order chi connectivity index (χ1) is 13.0. The van der Waals surface area contributed by atoms with E-state index in [-0.39, 0.29) is 12.3 Å². The topological polar surface area (TPSA) is 51.2 Å². The number of nitrogens with one attached hydrogen (secondary N) is 1. The Morgan fingerprint density at radius 3 is 2.74 bits per heavy atom. The van der Waals surface area contributed by atoms with E-state index in [1.165, 1.54) is 5.56 Å². The van der Waals surface area contributed by atoms with Crippen LogP contribution >= 0.6 is 34.7 Å². The van der Waals surface area contributed by atoms with Crippen LogP contribution in [0.2, 0.25) is 5.02 Å². The zero-order valence-corrected chi connectivity index (χ0v) is 17.4. The molecule has 0 unspecified atom stereocenters. The highest BCUT2D eigenvalue weighted by atomic mass is 35.5. The third-order valence-corrected chi connectivity index (χ3v) is 6.22. The summed E-state index contributed by atoms with van der Waals surface area (Å²) in [5.41, 5.74) is 3.70. The number of methoxy groups -OCH3 is 1. The van der Waals surface area contributed by atoms with E-state index in [2.05, 4.69) is 10.3 Å². The molecule has 0 bridgehead atoms. The summed E-state index contributed by atoms with van der Waals surface area (Å²) in [7, 11) is 1.63. The van der Waals surface area contributed by atoms with Gasteiger partial charge in [0.05, 0.1) is 19.2 Å². The molecule has 0 atom stereocenters. The lowest BCUT2D eigenvalue weighted by Crippen LogP contribution is -2.14. The molecule has 0 radical (unpaired) electrons. The molecule has 0 saturated carbocycles. The van der Waals surface area contributed by atoms with E-state index < -0.39 is 0 Å². The lowest BCUT2D eigenvalue weighted by Gasteiger charge is -2.08. The van der Waals surface area contributed by atoms with E-state index in [0.29, 0.717) is 0 Å². The molecule has 7 heteroatoms. The summed E-state index contributed by atoms with van der Waals surface area (Å²) in [6.07, 6.45) is 0.253. The van der Waals surface area contributed by atoms with Crippen LogP contribution < -0.4 is 10.1 Å². The van der Waals surface area contributed by atoms with E-state index in [0.717, 1.165) is 37.8 Å². The number of nitrogens with zero attached hydrogens (tertiary/aromatic N) is 1. The molecule has 140 valence electrons. The Morgan fingerprint density at radius 1 is 1.26 bits per heavy atom. The maximum Gasteiger partial charge on any atom is 0.230 e. The fourth-order valence-electron chi connectivity index (χ4n) is 2.49. The van der Waals surface area contributed by atoms with Gasteiger partial charge in [-0.2, -0.15) is 0 Å². The summed E-state index contributed by atoms with van der Waals surface area (Å²) >= 11 is 9.11. The van der Waals surface area contributed by atoms with E-state index in [1.54, 1.807) is 30.2 Å². The summed E-state index contributed by atoms with van der Waals surface area (Å²) in [5, 5.41) is 5.57. The zero-order valence-electron chi connectivity index (χ0n) is 15.0. The highest BCUT2D eigenvalue weighted by Crippen LogP contribution is 2.27. The first-order valence-electron chi connectivity index (χ1n) is 8.29. The predicted octanol–water partition coefficient (Wildman–Crippen LogP) is 5.59. The van der Waals surface area contributed by atoms with Gasteiger partial charge in [0, 0.05) is 21.8 Å². The van der Waals surface area contributed by atoms with Gasteiger partial charge in [-0.05, 0) is 48.4 Å². The van der Waals surface area contributed by atoms with Gasteiger partial charge < -0.3 is 10.1 Å². The average Bonchev–Trinajstić information content (AvgIpc) is 3.08. The number of anilines is 1. The number of thioether (sulfide) groups is 1. The van der Waals surface area contributed by atoms with E-state index in [9.17, 15) is 4.79 Å². The Hall–Kier alpha value is -2.02. The number of carbonyl (C=O) groups excluding carboxylic acids is 1. The van der Waals surface area contributed by atoms with Gasteiger partial charge in [-0.15, -0.1) is 11.3 Å². The van der Waals surface area contributed by atoms with Crippen molar-refractivity contribution in [3.63, 3.8) is 0 Å². The SMILES string of the molecule is COc1ccc(NC(=O)Cc2csc(SCc3ccc(Cl)cc3)n2)cc1C. The molecule has 27 heavy (non-hydrogen) atoms. The van der Waals surface area contributed by atoms with Crippen LogP contribution in [0.15, 0.2) is 52.2 Å². The molecule has 4 nitrogen and oxygen atoms in total. The molecule has 2 aromatic carbocycles. The number of aryl methyl sites for hydroxylation is 1. The van der Waals surface area contributed by atoms with Gasteiger partial charge in [0.25, 0.3) is 0 Å². The van der Waals surface area contributed by atoms with Crippen molar-refractivity contribution in [3.05, 3.63) is 69.7 Å². The fraction of sp³-hybridized carbons (Fsp3) is 0.200. The van der Waals surface area contributed by atoms with Crippen molar-refractivity contribution in [2.45, 2.75) is 23.4 Å². The second-order valence-corrected chi connectivity index (χ2v) is 8.45. The van der Waals surface area contributed by atoms with Crippen molar-refractivity contribution in [2.24, 2.45) is 0 Å². The number of amides is 1. The summed E-state index contributed by atoms with van der Waals surface area (Å²) in [5.74, 6) is 1.54. The molecule has 0 aliphatic carbocycles. The standard InChI is InChI=1S/C20H19ClN2O2S2/c1-13-9-16(7-8-18(13)25-2)22-19(24)10-17-12-27-20(23-17)26-11-14-3-5-15(21)6-4-14/h3-9,12H,10-11H2,1-2H3,(H,22,24). The Balaban J connectivity index is 1.53. The van der Waals surface area contributed by atoms with Gasteiger partial charge in [0.2, 0.25) is 5.91 Å². The third kappa shape index (κ3) is 5.73. The van der Waals surface area contributed by atoms with E-state index >= 15 is 0 Å². The largest absolute Gasteiger partial charge is 0.496 e. The van der Waals surface area contributed by atoms with Crippen LogP contribution in [0.3, 0.4) is 0 Å². The average molecular weight is 419 g/mol. The highest BCUT2D eigenvalue weighted by molar-refractivity contribution is 8.00. The number of ether oxygens (including phenoxy) is 1. The van der Waals surface area contributed by atoms with Crippen LogP contribution in [0.25, 0.3) is 0 Å². The van der Waals surface area contributed by atoms with E-state index in [4.69, 9.17) is 16.3 Å². The molecule has 1 heterocycles. The molecule has 0 aliphatic heterocycles. The van der Waals surface area contributed by atoms with Crippen molar-refractivity contribution >= 4 is 46.3 Å². The highest BCUT2D eigenvalue weighted by Gasteiger charge is 2.10. The molecular formula is C20H19ClN2O2S2. The molecule has 0 fully saturated rings. The molecule has 1 amide bonds. The van der Waals surface area contributed by atoms with Gasteiger partial charge in [-0.1, -0.05) is 35.5 Å². The third-order valence-electron chi connectivity index (χ3n) is 3.83. The van der Waals surface area contributed by atoms with Crippen LogP contribution in [0.5, 0.6) is 5.75 Å². The Morgan fingerprint density at radius 2 is 2.04 bits per heavy atom. The second-order valence-electron chi connectivity index (χ2n) is 5.93. The van der Waals surface area contributed by atoms with Gasteiger partial charge in [0.15, 0.2) is 0 Å². The number of hydrogen-bond acceptors (Lipinski definition) is 5. The number of rotatable bonds is 7. The number of hydrogen-bond donors (Lipinski definition) is 1. The zero-order chi connectivity index (χ0) is 19.2. The minimum Gasteiger partial charge on any atom is -0.496 e. The summed E-state index contributed by atoms with van der Waals surface area (Å²) in [6.45, 7) is 1.94. The van der Waals surface area contributed by atoms with Crippen LogP contribution in [0.1, 0.15) is 16.8 Å². The molecule has 0 saturated heterocycles. The van der Waals surface area contributed by atoms with Crippen molar-refractivity contribution in [3.8, 4) is 5.75 Å². The van der Waals surface area contributed by atoms with Crippen molar-refractivity contribution in [1.29, 1.82) is 0 Å². The first-order valence-corrected chi connectivity index (χ1v) is 10.5. The lowest BCUT2D eigenvalue weighted by atomic mass is 10.2. The van der Waals surface area contributed by atoms with Gasteiger partial charge in [-0.25, -0.2) is 4.98 Å². The van der Waals surface area contributed by atoms with Crippen LogP contribution in [-0.2, 0) is 17.0 Å². The van der Waals surface area contributed by atoms with E-state index in [1.807, 2.05) is 54.8 Å². The number of aromatic nitrogens is 1. The van der Waals surface area contributed by atoms with Crippen molar-refractivity contribution in [2.75, 3.05) is 12.4 Å². The number of carbonyl (C=O) groups is 1. The summed E-state index contributed by atoms with van der Waals surface area (Å²) < 4.78 is 6.19. The number of benzene rings is 2. The Bertz CT molecular complexity index is 926. The van der Waals surface area contributed by atoms with Crippen molar-refractivity contribution in [1.82, 2.24) is 4.98 Å². The molecule has 1 N–H and O–H groups in total. The predicted molar refractivity (Wildman–Crippen MR) is 113 cm³/mol. The normalized spacial score (nSPS) is 10.6. The molecule has 0 aliphatic rings. The van der Waals surface area contributed by atoms with Gasteiger partial charge >= 0.3 is 0 Å². The molecule has 3 rings (SSSR count). The number of thiazole rings is 1. The maximum atomic E-state index is 12.3. The lowest BCUT2D eigenvalue weighted by molar-refractivity contribution is -0.115. The first kappa shape index (κ1) is 19.7. The second kappa shape index (κ2) is 9.26. The quantitative estimate of drug-likeness (QED) is 0.508. The molecule has 3 aromatic rings.